The van der Waals surface area contributed by atoms with Gasteiger partial charge in [0.25, 0.3) is 5.56 Å². The molecular weight excluding hydrogens is 430 g/mol. The predicted octanol–water partition coefficient (Wildman–Crippen LogP) is 2.35. The van der Waals surface area contributed by atoms with Crippen LogP contribution in [0.15, 0.2) is 45.4 Å². The Morgan fingerprint density at radius 3 is 2.74 bits per heavy atom. The molecule has 1 fully saturated rings. The maximum absolute atomic E-state index is 12.6. The number of anilines is 1. The molecule has 1 aromatic carbocycles. The molecule has 4 rings (SSSR count). The fourth-order valence-electron chi connectivity index (χ4n) is 3.18. The van der Waals surface area contributed by atoms with Crippen LogP contribution in [0.4, 0.5) is 5.13 Å². The van der Waals surface area contributed by atoms with Gasteiger partial charge >= 0.3 is 0 Å². The molecule has 1 saturated heterocycles. The van der Waals surface area contributed by atoms with Crippen LogP contribution in [0.5, 0.6) is 0 Å². The van der Waals surface area contributed by atoms with E-state index in [1.54, 1.807) is 29.7 Å². The molecule has 3 heterocycles. The maximum atomic E-state index is 12.6. The Morgan fingerprint density at radius 2 is 2.00 bits per heavy atom. The zero-order valence-electron chi connectivity index (χ0n) is 14.5. The van der Waals surface area contributed by atoms with E-state index < -0.39 is 0 Å². The molecule has 0 unspecified atom stereocenters. The second-order valence-electron chi connectivity index (χ2n) is 6.34. The topological polar surface area (TPSA) is 71.3 Å². The number of fused-ring (bicyclic) bond motifs is 1. The molecule has 3 aromatic rings. The van der Waals surface area contributed by atoms with E-state index in [1.807, 2.05) is 16.3 Å². The Bertz CT molecular complexity index is 1010. The fourth-order valence-corrected chi connectivity index (χ4v) is 4.24. The van der Waals surface area contributed by atoms with Crippen molar-refractivity contribution in [1.29, 1.82) is 0 Å². The Hall–Kier alpha value is -2.26. The van der Waals surface area contributed by atoms with E-state index in [0.717, 1.165) is 22.7 Å². The van der Waals surface area contributed by atoms with Crippen molar-refractivity contribution in [1.82, 2.24) is 19.4 Å². The van der Waals surface area contributed by atoms with Gasteiger partial charge in [-0.1, -0.05) is 15.9 Å². The highest BCUT2D eigenvalue weighted by Gasteiger charge is 2.22. The number of benzene rings is 1. The molecule has 9 heteroatoms. The molecule has 0 spiro atoms. The minimum Gasteiger partial charge on any atom is -0.345 e. The third-order valence-corrected chi connectivity index (χ3v) is 6.00. The second kappa shape index (κ2) is 7.77. The van der Waals surface area contributed by atoms with E-state index in [2.05, 4.69) is 30.8 Å². The van der Waals surface area contributed by atoms with Crippen LogP contribution >= 0.6 is 27.3 Å². The van der Waals surface area contributed by atoms with Crippen molar-refractivity contribution in [2.45, 2.75) is 13.0 Å². The zero-order chi connectivity index (χ0) is 18.8. The Morgan fingerprint density at radius 1 is 1.19 bits per heavy atom. The van der Waals surface area contributed by atoms with E-state index >= 15 is 0 Å². The summed E-state index contributed by atoms with van der Waals surface area (Å²) in [4.78, 5) is 37.8. The number of thiazole rings is 1. The molecule has 1 aliphatic rings. The zero-order valence-corrected chi connectivity index (χ0v) is 16.9. The van der Waals surface area contributed by atoms with Gasteiger partial charge in [-0.2, -0.15) is 0 Å². The summed E-state index contributed by atoms with van der Waals surface area (Å²) in [6.45, 7) is 3.25. The van der Waals surface area contributed by atoms with Gasteiger partial charge in [-0.15, -0.1) is 11.3 Å². The van der Waals surface area contributed by atoms with Crippen molar-refractivity contribution >= 4 is 49.2 Å². The molecule has 0 bridgehead atoms. The van der Waals surface area contributed by atoms with Crippen LogP contribution in [0.3, 0.4) is 0 Å². The van der Waals surface area contributed by atoms with Gasteiger partial charge in [0.2, 0.25) is 5.91 Å². The lowest BCUT2D eigenvalue weighted by molar-refractivity contribution is -0.131. The first kappa shape index (κ1) is 18.1. The van der Waals surface area contributed by atoms with Crippen LogP contribution in [-0.4, -0.2) is 51.5 Å². The quantitative estimate of drug-likeness (QED) is 0.613. The monoisotopic (exact) mass is 447 g/mol. The van der Waals surface area contributed by atoms with Gasteiger partial charge in [0.05, 0.1) is 17.2 Å². The highest BCUT2D eigenvalue weighted by molar-refractivity contribution is 9.10. The molecule has 1 amide bonds. The molecular formula is C18H18BrN5O2S. The lowest BCUT2D eigenvalue weighted by atomic mass is 10.2. The van der Waals surface area contributed by atoms with Gasteiger partial charge in [0.1, 0.15) is 0 Å². The number of nitrogens with zero attached hydrogens (tertiary/aromatic N) is 5. The van der Waals surface area contributed by atoms with Gasteiger partial charge < -0.3 is 9.80 Å². The average molecular weight is 448 g/mol. The van der Waals surface area contributed by atoms with Crippen molar-refractivity contribution in [3.8, 4) is 0 Å². The number of hydrogen-bond donors (Lipinski definition) is 0. The third-order valence-electron chi connectivity index (χ3n) is 4.67. The number of carbonyl (C=O) groups is 1. The first-order valence-electron chi connectivity index (χ1n) is 8.69. The molecule has 0 atom stereocenters. The Kier molecular flexibility index (Phi) is 5.22. The predicted molar refractivity (Wildman–Crippen MR) is 109 cm³/mol. The number of hydrogen-bond acceptors (Lipinski definition) is 6. The number of rotatable bonds is 4. The van der Waals surface area contributed by atoms with Crippen LogP contribution in [0.1, 0.15) is 6.42 Å². The highest BCUT2D eigenvalue weighted by Crippen LogP contribution is 2.19. The summed E-state index contributed by atoms with van der Waals surface area (Å²) in [5, 5.41) is 3.51. The summed E-state index contributed by atoms with van der Waals surface area (Å²) in [6, 6.07) is 5.42. The van der Waals surface area contributed by atoms with Crippen molar-refractivity contribution in [3.05, 3.63) is 50.9 Å². The maximum Gasteiger partial charge on any atom is 0.261 e. The molecule has 0 aliphatic carbocycles. The third kappa shape index (κ3) is 3.89. The SMILES string of the molecule is O=C(CCn1cnc2ccc(Br)cc2c1=O)N1CCN(c2nccs2)CC1. The van der Waals surface area contributed by atoms with Crippen molar-refractivity contribution < 1.29 is 4.79 Å². The van der Waals surface area contributed by atoms with E-state index in [4.69, 9.17) is 0 Å². The highest BCUT2D eigenvalue weighted by atomic mass is 79.9. The average Bonchev–Trinajstić information content (AvgIpc) is 3.23. The van der Waals surface area contributed by atoms with Crippen LogP contribution < -0.4 is 10.5 Å². The Labute approximate surface area is 168 Å². The van der Waals surface area contributed by atoms with E-state index in [9.17, 15) is 9.59 Å². The van der Waals surface area contributed by atoms with Gasteiger partial charge in [0.15, 0.2) is 5.13 Å². The fraction of sp³-hybridized carbons (Fsp3) is 0.333. The summed E-state index contributed by atoms with van der Waals surface area (Å²) in [5.74, 6) is 0.0648. The molecule has 2 aromatic heterocycles. The second-order valence-corrected chi connectivity index (χ2v) is 8.13. The van der Waals surface area contributed by atoms with Gasteiger partial charge in [-0.3, -0.25) is 14.2 Å². The number of halogens is 1. The normalized spacial score (nSPS) is 14.7. The minimum absolute atomic E-state index is 0.0648. The number of aromatic nitrogens is 3. The van der Waals surface area contributed by atoms with Crippen LogP contribution in [0, 0.1) is 0 Å². The van der Waals surface area contributed by atoms with E-state index in [0.29, 0.717) is 37.0 Å². The lowest BCUT2D eigenvalue weighted by Gasteiger charge is -2.34. The van der Waals surface area contributed by atoms with Gasteiger partial charge in [-0.05, 0) is 18.2 Å². The smallest absolute Gasteiger partial charge is 0.261 e. The molecule has 1 aliphatic heterocycles. The molecule has 7 nitrogen and oxygen atoms in total. The largest absolute Gasteiger partial charge is 0.345 e. The summed E-state index contributed by atoms with van der Waals surface area (Å²) in [5.41, 5.74) is 0.534. The first-order valence-corrected chi connectivity index (χ1v) is 10.4. The number of piperazine rings is 1. The minimum atomic E-state index is -0.123. The van der Waals surface area contributed by atoms with E-state index in [-0.39, 0.29) is 11.5 Å². The summed E-state index contributed by atoms with van der Waals surface area (Å²) in [7, 11) is 0. The van der Waals surface area contributed by atoms with E-state index in [1.165, 1.54) is 10.9 Å². The van der Waals surface area contributed by atoms with Crippen LogP contribution in [-0.2, 0) is 11.3 Å². The van der Waals surface area contributed by atoms with Crippen molar-refractivity contribution in [2.75, 3.05) is 31.1 Å². The summed E-state index contributed by atoms with van der Waals surface area (Å²) < 4.78 is 2.35. The summed E-state index contributed by atoms with van der Waals surface area (Å²) >= 11 is 4.99. The Balaban J connectivity index is 1.38. The standard InChI is InChI=1S/C18H18BrN5O2S/c19-13-1-2-15-14(11-13)17(26)24(12-21-15)5-3-16(25)22-6-8-23(9-7-22)18-20-4-10-27-18/h1-2,4,10-12H,3,5-9H2. The van der Waals surface area contributed by atoms with Crippen LogP contribution in [0.2, 0.25) is 0 Å². The van der Waals surface area contributed by atoms with Crippen molar-refractivity contribution in [2.24, 2.45) is 0 Å². The van der Waals surface area contributed by atoms with Crippen LogP contribution in [0.25, 0.3) is 10.9 Å². The molecule has 140 valence electrons. The number of aryl methyl sites for hydroxylation is 1. The number of amides is 1. The van der Waals surface area contributed by atoms with Gasteiger partial charge in [-0.25, -0.2) is 9.97 Å². The molecule has 27 heavy (non-hydrogen) atoms. The van der Waals surface area contributed by atoms with Gasteiger partial charge in [0, 0.05) is 55.2 Å². The molecule has 0 N–H and O–H groups in total. The lowest BCUT2D eigenvalue weighted by Crippen LogP contribution is -2.49. The molecule has 0 radical (unpaired) electrons. The summed E-state index contributed by atoms with van der Waals surface area (Å²) in [6.07, 6.45) is 3.61. The number of carbonyl (C=O) groups excluding carboxylic acids is 1. The van der Waals surface area contributed by atoms with Crippen molar-refractivity contribution in [3.63, 3.8) is 0 Å². The molecule has 0 saturated carbocycles. The first-order chi connectivity index (χ1) is 13.1.